The van der Waals surface area contributed by atoms with Crippen LogP contribution in [0.1, 0.15) is 30.1 Å². The Morgan fingerprint density at radius 2 is 2.33 bits per heavy atom. The van der Waals surface area contributed by atoms with Crippen LogP contribution in [0.25, 0.3) is 0 Å². The molecule has 1 heterocycles. The highest BCUT2D eigenvalue weighted by molar-refractivity contribution is 5.90. The lowest BCUT2D eigenvalue weighted by Gasteiger charge is -2.11. The Kier molecular flexibility index (Phi) is 3.81. The Balaban J connectivity index is 1.89. The second-order valence-electron chi connectivity index (χ2n) is 4.48. The van der Waals surface area contributed by atoms with Crippen molar-refractivity contribution in [1.29, 1.82) is 0 Å². The first-order valence-corrected chi connectivity index (χ1v) is 5.94. The second kappa shape index (κ2) is 5.35. The maximum atomic E-state index is 12.9. The minimum Gasteiger partial charge on any atom is -0.459 e. The number of hydrogen-bond acceptors (Lipinski definition) is 4. The van der Waals surface area contributed by atoms with Gasteiger partial charge in [0.1, 0.15) is 12.4 Å². The van der Waals surface area contributed by atoms with Crippen molar-refractivity contribution in [2.45, 2.75) is 32.0 Å². The predicted molar refractivity (Wildman–Crippen MR) is 64.7 cm³/mol. The highest BCUT2D eigenvalue weighted by Crippen LogP contribution is 2.20. The van der Waals surface area contributed by atoms with Gasteiger partial charge >= 0.3 is 5.97 Å². The number of esters is 1. The van der Waals surface area contributed by atoms with Crippen LogP contribution in [0.4, 0.5) is 10.1 Å². The molecule has 18 heavy (non-hydrogen) atoms. The zero-order valence-electron chi connectivity index (χ0n) is 10.2. The molecule has 1 aromatic rings. The van der Waals surface area contributed by atoms with Gasteiger partial charge < -0.3 is 15.2 Å². The van der Waals surface area contributed by atoms with Crippen molar-refractivity contribution in [3.8, 4) is 0 Å². The lowest BCUT2D eigenvalue weighted by molar-refractivity contribution is -0.00265. The smallest absolute Gasteiger partial charge is 0.338 e. The molecule has 98 valence electrons. The van der Waals surface area contributed by atoms with Gasteiger partial charge in [-0.15, -0.1) is 0 Å². The molecule has 0 saturated carbocycles. The third-order valence-electron chi connectivity index (χ3n) is 2.95. The van der Waals surface area contributed by atoms with Crippen molar-refractivity contribution in [2.75, 3.05) is 12.3 Å². The predicted octanol–water partition coefficient (Wildman–Crippen LogP) is 2.13. The summed E-state index contributed by atoms with van der Waals surface area (Å²) in [6, 6.07) is 3.78. The molecule has 1 saturated heterocycles. The summed E-state index contributed by atoms with van der Waals surface area (Å²) in [7, 11) is 0. The molecule has 0 bridgehead atoms. The molecule has 2 unspecified atom stereocenters. The van der Waals surface area contributed by atoms with Gasteiger partial charge in [0.25, 0.3) is 0 Å². The normalized spacial score (nSPS) is 23.0. The van der Waals surface area contributed by atoms with Crippen LogP contribution in [0.15, 0.2) is 18.2 Å². The molecule has 0 spiro atoms. The third kappa shape index (κ3) is 2.98. The van der Waals surface area contributed by atoms with E-state index in [1.54, 1.807) is 0 Å². The summed E-state index contributed by atoms with van der Waals surface area (Å²) < 4.78 is 23.6. The van der Waals surface area contributed by atoms with Crippen LogP contribution in [0.2, 0.25) is 0 Å². The van der Waals surface area contributed by atoms with Crippen LogP contribution in [0, 0.1) is 5.82 Å². The van der Waals surface area contributed by atoms with Crippen LogP contribution in [0.3, 0.4) is 0 Å². The van der Waals surface area contributed by atoms with Crippen LogP contribution in [-0.2, 0) is 9.47 Å². The maximum absolute atomic E-state index is 12.9. The van der Waals surface area contributed by atoms with E-state index in [1.807, 2.05) is 6.92 Å². The van der Waals surface area contributed by atoms with E-state index >= 15 is 0 Å². The molecule has 1 fully saturated rings. The molecule has 0 aliphatic carbocycles. The number of hydrogen-bond donors (Lipinski definition) is 1. The topological polar surface area (TPSA) is 61.5 Å². The molecule has 0 amide bonds. The van der Waals surface area contributed by atoms with E-state index in [-0.39, 0.29) is 30.1 Å². The molecule has 1 aliphatic heterocycles. The Labute approximate surface area is 105 Å². The molecule has 4 nitrogen and oxygen atoms in total. The van der Waals surface area contributed by atoms with E-state index < -0.39 is 11.8 Å². The zero-order valence-corrected chi connectivity index (χ0v) is 10.2. The number of anilines is 1. The molecular formula is C13H16FNO3. The van der Waals surface area contributed by atoms with Crippen molar-refractivity contribution in [2.24, 2.45) is 0 Å². The van der Waals surface area contributed by atoms with Gasteiger partial charge in [-0.1, -0.05) is 0 Å². The fourth-order valence-electron chi connectivity index (χ4n) is 1.93. The van der Waals surface area contributed by atoms with Crippen molar-refractivity contribution in [3.05, 3.63) is 29.6 Å². The van der Waals surface area contributed by atoms with E-state index in [4.69, 9.17) is 15.2 Å². The van der Waals surface area contributed by atoms with Gasteiger partial charge in [-0.25, -0.2) is 9.18 Å². The number of rotatable bonds is 3. The SMILES string of the molecule is CC1CCC(COC(=O)c2ccc(F)c(N)c2)O1. The first kappa shape index (κ1) is 12.8. The van der Waals surface area contributed by atoms with E-state index in [0.29, 0.717) is 0 Å². The fraction of sp³-hybridized carbons (Fsp3) is 0.462. The van der Waals surface area contributed by atoms with Crippen molar-refractivity contribution >= 4 is 11.7 Å². The van der Waals surface area contributed by atoms with Gasteiger partial charge in [0, 0.05) is 0 Å². The number of halogens is 1. The van der Waals surface area contributed by atoms with Crippen molar-refractivity contribution in [1.82, 2.24) is 0 Å². The highest BCUT2D eigenvalue weighted by atomic mass is 19.1. The minimum atomic E-state index is -0.542. The lowest BCUT2D eigenvalue weighted by Crippen LogP contribution is -2.19. The molecule has 0 aromatic heterocycles. The van der Waals surface area contributed by atoms with E-state index in [1.165, 1.54) is 12.1 Å². The van der Waals surface area contributed by atoms with Crippen LogP contribution >= 0.6 is 0 Å². The molecule has 0 radical (unpaired) electrons. The van der Waals surface area contributed by atoms with Gasteiger partial charge in [0.15, 0.2) is 0 Å². The first-order valence-electron chi connectivity index (χ1n) is 5.94. The summed E-state index contributed by atoms with van der Waals surface area (Å²) in [5, 5.41) is 0. The van der Waals surface area contributed by atoms with Crippen LogP contribution in [0.5, 0.6) is 0 Å². The molecule has 2 N–H and O–H groups in total. The first-order chi connectivity index (χ1) is 8.56. The van der Waals surface area contributed by atoms with Gasteiger partial charge in [0.2, 0.25) is 0 Å². The number of carbonyl (C=O) groups excluding carboxylic acids is 1. The number of nitrogen functional groups attached to an aromatic ring is 1. The zero-order chi connectivity index (χ0) is 13.1. The summed E-state index contributed by atoms with van der Waals surface area (Å²) in [6.07, 6.45) is 2.04. The van der Waals surface area contributed by atoms with Crippen LogP contribution < -0.4 is 5.73 Å². The van der Waals surface area contributed by atoms with E-state index in [0.717, 1.165) is 18.9 Å². The fourth-order valence-corrected chi connectivity index (χ4v) is 1.93. The second-order valence-corrected chi connectivity index (χ2v) is 4.48. The molecule has 1 aliphatic rings. The third-order valence-corrected chi connectivity index (χ3v) is 2.95. The number of nitrogens with two attached hydrogens (primary N) is 1. The summed E-state index contributed by atoms with van der Waals surface area (Å²) in [5.41, 5.74) is 5.58. The van der Waals surface area contributed by atoms with Crippen LogP contribution in [-0.4, -0.2) is 24.8 Å². The maximum Gasteiger partial charge on any atom is 0.338 e. The quantitative estimate of drug-likeness (QED) is 0.662. The Morgan fingerprint density at radius 1 is 1.56 bits per heavy atom. The van der Waals surface area contributed by atoms with Crippen molar-refractivity contribution in [3.63, 3.8) is 0 Å². The summed E-state index contributed by atoms with van der Waals surface area (Å²) in [4.78, 5) is 11.7. The van der Waals surface area contributed by atoms with E-state index in [2.05, 4.69) is 0 Å². The molecule has 1 aromatic carbocycles. The summed E-state index contributed by atoms with van der Waals surface area (Å²) >= 11 is 0. The molecular weight excluding hydrogens is 237 g/mol. The average molecular weight is 253 g/mol. The number of benzene rings is 1. The average Bonchev–Trinajstić information content (AvgIpc) is 2.75. The van der Waals surface area contributed by atoms with Gasteiger partial charge in [-0.2, -0.15) is 0 Å². The number of ether oxygens (including phenoxy) is 2. The Morgan fingerprint density at radius 3 is 2.94 bits per heavy atom. The standard InChI is InChI=1S/C13H16FNO3/c1-8-2-4-10(18-8)7-17-13(16)9-3-5-11(14)12(15)6-9/h3,5-6,8,10H,2,4,7,15H2,1H3. The van der Waals surface area contributed by atoms with Crippen molar-refractivity contribution < 1.29 is 18.7 Å². The monoisotopic (exact) mass is 253 g/mol. The number of carbonyl (C=O) groups is 1. The van der Waals surface area contributed by atoms with E-state index in [9.17, 15) is 9.18 Å². The summed E-state index contributed by atoms with van der Waals surface area (Å²) in [6.45, 7) is 2.21. The Hall–Kier alpha value is -1.62. The molecule has 2 atom stereocenters. The van der Waals surface area contributed by atoms with Gasteiger partial charge in [0.05, 0.1) is 23.5 Å². The Bertz CT molecular complexity index is 450. The lowest BCUT2D eigenvalue weighted by atomic mass is 10.2. The minimum absolute atomic E-state index is 0.0401. The summed E-state index contributed by atoms with van der Waals surface area (Å²) in [5.74, 6) is -1.05. The molecule has 5 heteroatoms. The van der Waals surface area contributed by atoms with Gasteiger partial charge in [-0.3, -0.25) is 0 Å². The molecule has 2 rings (SSSR count). The highest BCUT2D eigenvalue weighted by Gasteiger charge is 2.23. The largest absolute Gasteiger partial charge is 0.459 e. The van der Waals surface area contributed by atoms with Gasteiger partial charge in [-0.05, 0) is 38.0 Å².